The Kier molecular flexibility index (Phi) is 6.39. The van der Waals surface area contributed by atoms with Crippen molar-refractivity contribution >= 4 is 23.2 Å². The largest absolute Gasteiger partial charge is 0.489 e. The number of rotatable bonds is 6. The fraction of sp³-hybridized carbons (Fsp3) is 0.500. The molecule has 2 amide bonds. The first kappa shape index (κ1) is 21.6. The Hall–Kier alpha value is -3.20. The monoisotopic (exact) mass is 451 g/mol. The zero-order chi connectivity index (χ0) is 22.6. The molecule has 33 heavy (non-hydrogen) atoms. The van der Waals surface area contributed by atoms with Gasteiger partial charge in [-0.05, 0) is 43.2 Å². The maximum absolute atomic E-state index is 12.7. The second-order valence-corrected chi connectivity index (χ2v) is 8.92. The van der Waals surface area contributed by atoms with Crippen molar-refractivity contribution in [3.8, 4) is 5.75 Å². The molecule has 5 rings (SSSR count). The summed E-state index contributed by atoms with van der Waals surface area (Å²) in [6, 6.07) is 9.35. The average molecular weight is 452 g/mol. The number of likely N-dealkylation sites (tertiary alicyclic amines) is 1. The summed E-state index contributed by atoms with van der Waals surface area (Å²) < 4.78 is 11.5. The first-order valence-corrected chi connectivity index (χ1v) is 11.6. The van der Waals surface area contributed by atoms with Crippen LogP contribution in [-0.2, 0) is 14.3 Å². The van der Waals surface area contributed by atoms with E-state index < -0.39 is 0 Å². The summed E-state index contributed by atoms with van der Waals surface area (Å²) in [7, 11) is 0. The molecule has 3 aliphatic rings. The van der Waals surface area contributed by atoms with Gasteiger partial charge in [0.25, 0.3) is 0 Å². The highest BCUT2D eigenvalue weighted by atomic mass is 16.5. The highest BCUT2D eigenvalue weighted by Gasteiger charge is 2.34. The molecule has 0 spiro atoms. The molecule has 1 N–H and O–H groups in total. The first-order chi connectivity index (χ1) is 16.2. The van der Waals surface area contributed by atoms with Gasteiger partial charge in [-0.25, -0.2) is 0 Å². The minimum absolute atomic E-state index is 0.00197. The fourth-order valence-electron chi connectivity index (χ4n) is 4.61. The van der Waals surface area contributed by atoms with Gasteiger partial charge in [0, 0.05) is 50.9 Å². The standard InChI is InChI=1S/C24H29N5O4/c30-23(18-14-29(15-18)20-5-9-25-26-13-20)27-19-1-3-21(4-2-19)33-22-6-10-28(16-22)24(31)17-7-11-32-12-8-17/h1-5,9,13,17-18,22H,6-8,10-12,14-16H2,(H,27,30). The van der Waals surface area contributed by atoms with Crippen LogP contribution in [0.4, 0.5) is 11.4 Å². The maximum atomic E-state index is 12.7. The van der Waals surface area contributed by atoms with E-state index in [9.17, 15) is 9.59 Å². The number of carbonyl (C=O) groups is 2. The summed E-state index contributed by atoms with van der Waals surface area (Å²) in [6.45, 7) is 4.05. The van der Waals surface area contributed by atoms with Crippen molar-refractivity contribution in [3.63, 3.8) is 0 Å². The number of hydrogen-bond donors (Lipinski definition) is 1. The van der Waals surface area contributed by atoms with Gasteiger partial charge in [0.2, 0.25) is 11.8 Å². The molecule has 9 heteroatoms. The first-order valence-electron chi connectivity index (χ1n) is 11.6. The van der Waals surface area contributed by atoms with Crippen LogP contribution in [0.15, 0.2) is 42.7 Å². The maximum Gasteiger partial charge on any atom is 0.231 e. The molecular formula is C24H29N5O4. The lowest BCUT2D eigenvalue weighted by Gasteiger charge is -2.39. The van der Waals surface area contributed by atoms with Gasteiger partial charge < -0.3 is 24.6 Å². The number of aromatic nitrogens is 2. The van der Waals surface area contributed by atoms with Crippen LogP contribution in [0.25, 0.3) is 0 Å². The normalized spacial score (nSPS) is 21.5. The number of hydrogen-bond acceptors (Lipinski definition) is 7. The Balaban J connectivity index is 1.07. The van der Waals surface area contributed by atoms with Gasteiger partial charge in [-0.3, -0.25) is 9.59 Å². The number of nitrogens with zero attached hydrogens (tertiary/aromatic N) is 4. The second-order valence-electron chi connectivity index (χ2n) is 8.92. The molecule has 4 heterocycles. The van der Waals surface area contributed by atoms with Gasteiger partial charge in [0.15, 0.2) is 0 Å². The van der Waals surface area contributed by atoms with Gasteiger partial charge in [-0.1, -0.05) is 0 Å². The summed E-state index contributed by atoms with van der Waals surface area (Å²) >= 11 is 0. The van der Waals surface area contributed by atoms with Crippen molar-refractivity contribution in [3.05, 3.63) is 42.7 Å². The molecule has 0 aliphatic carbocycles. The lowest BCUT2D eigenvalue weighted by Crippen LogP contribution is -2.52. The predicted molar refractivity (Wildman–Crippen MR) is 122 cm³/mol. The van der Waals surface area contributed by atoms with Crippen molar-refractivity contribution in [2.75, 3.05) is 49.6 Å². The van der Waals surface area contributed by atoms with Crippen LogP contribution in [-0.4, -0.2) is 72.4 Å². The van der Waals surface area contributed by atoms with Crippen molar-refractivity contribution in [1.29, 1.82) is 0 Å². The molecule has 0 radical (unpaired) electrons. The van der Waals surface area contributed by atoms with Crippen LogP contribution in [0.5, 0.6) is 5.75 Å². The fourth-order valence-corrected chi connectivity index (χ4v) is 4.61. The minimum atomic E-state index is -0.0492. The average Bonchev–Trinajstić information content (AvgIpc) is 3.29. The van der Waals surface area contributed by atoms with E-state index in [0.29, 0.717) is 32.8 Å². The summed E-state index contributed by atoms with van der Waals surface area (Å²) in [5.41, 5.74) is 1.73. The molecule has 3 fully saturated rings. The zero-order valence-electron chi connectivity index (χ0n) is 18.6. The number of nitrogens with one attached hydrogen (secondary N) is 1. The third-order valence-corrected chi connectivity index (χ3v) is 6.64. The number of anilines is 2. The molecule has 9 nitrogen and oxygen atoms in total. The highest BCUT2D eigenvalue weighted by molar-refractivity contribution is 5.94. The molecule has 1 atom stereocenters. The number of benzene rings is 1. The SMILES string of the molecule is O=C(Nc1ccc(OC2CCN(C(=O)C3CCOCC3)C2)cc1)C1CN(c2ccnnc2)C1. The van der Waals surface area contributed by atoms with E-state index in [1.165, 1.54) is 0 Å². The highest BCUT2D eigenvalue weighted by Crippen LogP contribution is 2.26. The Morgan fingerprint density at radius 3 is 2.48 bits per heavy atom. The summed E-state index contributed by atoms with van der Waals surface area (Å²) in [5, 5.41) is 10.6. The van der Waals surface area contributed by atoms with E-state index >= 15 is 0 Å². The molecule has 3 aliphatic heterocycles. The van der Waals surface area contributed by atoms with E-state index in [-0.39, 0.29) is 29.8 Å². The zero-order valence-corrected chi connectivity index (χ0v) is 18.6. The van der Waals surface area contributed by atoms with Crippen molar-refractivity contribution < 1.29 is 19.1 Å². The van der Waals surface area contributed by atoms with E-state index in [4.69, 9.17) is 9.47 Å². The second kappa shape index (κ2) is 9.74. The summed E-state index contributed by atoms with van der Waals surface area (Å²) in [6.07, 6.45) is 5.81. The van der Waals surface area contributed by atoms with Crippen LogP contribution in [0, 0.1) is 11.8 Å². The Morgan fingerprint density at radius 1 is 0.970 bits per heavy atom. The van der Waals surface area contributed by atoms with Gasteiger partial charge >= 0.3 is 0 Å². The molecule has 0 bridgehead atoms. The van der Waals surface area contributed by atoms with Crippen molar-refractivity contribution in [1.82, 2.24) is 15.1 Å². The molecular weight excluding hydrogens is 422 g/mol. The van der Waals surface area contributed by atoms with Gasteiger partial charge in [-0.15, -0.1) is 0 Å². The lowest BCUT2D eigenvalue weighted by molar-refractivity contribution is -0.137. The molecule has 1 aromatic heterocycles. The van der Waals surface area contributed by atoms with Gasteiger partial charge in [0.1, 0.15) is 11.9 Å². The molecule has 3 saturated heterocycles. The molecule has 174 valence electrons. The Labute approximate surface area is 193 Å². The lowest BCUT2D eigenvalue weighted by atomic mass is 9.98. The van der Waals surface area contributed by atoms with E-state index in [1.807, 2.05) is 35.2 Å². The summed E-state index contributed by atoms with van der Waals surface area (Å²) in [5.74, 6) is 1.03. The quantitative estimate of drug-likeness (QED) is 0.717. The van der Waals surface area contributed by atoms with Crippen LogP contribution in [0.3, 0.4) is 0 Å². The smallest absolute Gasteiger partial charge is 0.231 e. The topological polar surface area (TPSA) is 96.9 Å². The predicted octanol–water partition coefficient (Wildman–Crippen LogP) is 1.96. The third kappa shape index (κ3) is 5.08. The van der Waals surface area contributed by atoms with Crippen LogP contribution in [0.2, 0.25) is 0 Å². The summed E-state index contributed by atoms with van der Waals surface area (Å²) in [4.78, 5) is 29.3. The van der Waals surface area contributed by atoms with E-state index in [1.54, 1.807) is 12.4 Å². The molecule has 1 aromatic carbocycles. The third-order valence-electron chi connectivity index (χ3n) is 6.64. The van der Waals surface area contributed by atoms with Crippen molar-refractivity contribution in [2.45, 2.75) is 25.4 Å². The molecule has 2 aromatic rings. The van der Waals surface area contributed by atoms with Crippen LogP contribution in [0.1, 0.15) is 19.3 Å². The number of ether oxygens (including phenoxy) is 2. The molecule has 0 saturated carbocycles. The number of amides is 2. The van der Waals surface area contributed by atoms with E-state index in [2.05, 4.69) is 20.4 Å². The minimum Gasteiger partial charge on any atom is -0.489 e. The molecule has 1 unspecified atom stereocenters. The van der Waals surface area contributed by atoms with Gasteiger partial charge in [0.05, 0.1) is 30.5 Å². The van der Waals surface area contributed by atoms with Crippen LogP contribution >= 0.6 is 0 Å². The van der Waals surface area contributed by atoms with Crippen molar-refractivity contribution in [2.24, 2.45) is 11.8 Å². The van der Waals surface area contributed by atoms with Crippen LogP contribution < -0.4 is 15.0 Å². The Bertz CT molecular complexity index is 959. The van der Waals surface area contributed by atoms with Gasteiger partial charge in [-0.2, -0.15) is 10.2 Å². The number of carbonyl (C=O) groups excluding carboxylic acids is 2. The van der Waals surface area contributed by atoms with E-state index in [0.717, 1.165) is 42.9 Å². The Morgan fingerprint density at radius 2 is 1.76 bits per heavy atom.